The molecule has 2 heterocycles. The lowest BCUT2D eigenvalue weighted by Crippen LogP contribution is -2.35. The van der Waals surface area contributed by atoms with Crippen molar-refractivity contribution >= 4 is 5.91 Å². The molecule has 0 aromatic heterocycles. The molecule has 0 aliphatic carbocycles. The Kier molecular flexibility index (Phi) is 6.23. The molecule has 0 saturated carbocycles. The summed E-state index contributed by atoms with van der Waals surface area (Å²) in [5.41, 5.74) is 1.55. The van der Waals surface area contributed by atoms with Gasteiger partial charge in [-0.25, -0.2) is 4.39 Å². The second kappa shape index (κ2) is 9.04. The Bertz CT molecular complexity index is 879. The highest BCUT2D eigenvalue weighted by molar-refractivity contribution is 5.95. The van der Waals surface area contributed by atoms with Crippen LogP contribution in [0.5, 0.6) is 11.5 Å². The van der Waals surface area contributed by atoms with Gasteiger partial charge in [0.05, 0.1) is 13.2 Å². The fraction of sp³-hybridized carbons (Fsp3) is 0.458. The van der Waals surface area contributed by atoms with E-state index in [0.717, 1.165) is 44.3 Å². The Balaban J connectivity index is 1.50. The van der Waals surface area contributed by atoms with Gasteiger partial charge in [0.25, 0.3) is 5.91 Å². The molecular formula is C24H29FN2O3. The molecular weight excluding hydrogens is 383 g/mol. The maximum absolute atomic E-state index is 13.3. The number of carbonyl (C=O) groups is 1. The van der Waals surface area contributed by atoms with Crippen molar-refractivity contribution in [3.05, 3.63) is 59.4 Å². The first-order valence-electron chi connectivity index (χ1n) is 10.6. The van der Waals surface area contributed by atoms with Crippen LogP contribution in [0.2, 0.25) is 0 Å². The number of rotatable bonds is 5. The molecule has 2 fully saturated rings. The number of carbonyl (C=O) groups excluding carboxylic acids is 1. The summed E-state index contributed by atoms with van der Waals surface area (Å²) in [5, 5.41) is 0. The summed E-state index contributed by atoms with van der Waals surface area (Å²) in [6, 6.07) is 11.8. The van der Waals surface area contributed by atoms with E-state index >= 15 is 0 Å². The zero-order valence-corrected chi connectivity index (χ0v) is 17.6. The molecule has 1 unspecified atom stereocenters. The first-order chi connectivity index (χ1) is 14.5. The Morgan fingerprint density at radius 2 is 1.73 bits per heavy atom. The van der Waals surface area contributed by atoms with Gasteiger partial charge < -0.3 is 19.3 Å². The maximum Gasteiger partial charge on any atom is 0.254 e. The van der Waals surface area contributed by atoms with Gasteiger partial charge in [-0.3, -0.25) is 4.79 Å². The maximum atomic E-state index is 13.3. The second-order valence-corrected chi connectivity index (χ2v) is 8.19. The van der Waals surface area contributed by atoms with Gasteiger partial charge in [-0.1, -0.05) is 12.1 Å². The van der Waals surface area contributed by atoms with Gasteiger partial charge in [0.15, 0.2) is 11.5 Å². The Hall–Kier alpha value is -2.60. The van der Waals surface area contributed by atoms with Crippen LogP contribution in [-0.4, -0.2) is 55.6 Å². The van der Waals surface area contributed by atoms with Crippen molar-refractivity contribution < 1.29 is 18.7 Å². The van der Waals surface area contributed by atoms with E-state index in [4.69, 9.17) is 9.47 Å². The summed E-state index contributed by atoms with van der Waals surface area (Å²) in [6.45, 7) is 2.73. The van der Waals surface area contributed by atoms with E-state index in [2.05, 4.69) is 11.9 Å². The quantitative estimate of drug-likeness (QED) is 0.735. The third kappa shape index (κ3) is 4.43. The summed E-state index contributed by atoms with van der Waals surface area (Å²) in [4.78, 5) is 17.4. The molecule has 0 spiro atoms. The lowest BCUT2D eigenvalue weighted by Gasteiger charge is -2.30. The highest BCUT2D eigenvalue weighted by atomic mass is 19.1. The minimum Gasteiger partial charge on any atom is -0.493 e. The lowest BCUT2D eigenvalue weighted by atomic mass is 10.0. The zero-order valence-electron chi connectivity index (χ0n) is 17.6. The number of hydrogen-bond donors (Lipinski definition) is 0. The average molecular weight is 413 g/mol. The number of amides is 1. The SMILES string of the molecule is COc1cc(C(=O)N2CCCC2c2ccc(F)cc2)ccc1OC1CCN(C)CC1. The van der Waals surface area contributed by atoms with Crippen molar-refractivity contribution in [2.45, 2.75) is 37.8 Å². The summed E-state index contributed by atoms with van der Waals surface area (Å²) in [5.74, 6) is 0.961. The van der Waals surface area contributed by atoms with Gasteiger partial charge in [0.1, 0.15) is 11.9 Å². The van der Waals surface area contributed by atoms with E-state index < -0.39 is 0 Å². The van der Waals surface area contributed by atoms with Gasteiger partial charge in [-0.15, -0.1) is 0 Å². The molecule has 0 N–H and O–H groups in total. The second-order valence-electron chi connectivity index (χ2n) is 8.19. The minimum atomic E-state index is -0.264. The number of benzene rings is 2. The van der Waals surface area contributed by atoms with E-state index in [0.29, 0.717) is 23.6 Å². The molecule has 2 aromatic rings. The average Bonchev–Trinajstić information content (AvgIpc) is 3.25. The van der Waals surface area contributed by atoms with Crippen molar-refractivity contribution in [3.63, 3.8) is 0 Å². The molecule has 0 bridgehead atoms. The molecule has 4 rings (SSSR count). The molecule has 1 amide bonds. The van der Waals surface area contributed by atoms with E-state index in [1.165, 1.54) is 12.1 Å². The summed E-state index contributed by atoms with van der Waals surface area (Å²) in [6.07, 6.45) is 3.94. The topological polar surface area (TPSA) is 42.0 Å². The molecule has 2 aliphatic heterocycles. The molecule has 160 valence electrons. The summed E-state index contributed by atoms with van der Waals surface area (Å²) < 4.78 is 25.0. The minimum absolute atomic E-state index is 0.0285. The van der Waals surface area contributed by atoms with E-state index in [-0.39, 0.29) is 23.9 Å². The van der Waals surface area contributed by atoms with Crippen LogP contribution in [0.25, 0.3) is 0 Å². The van der Waals surface area contributed by atoms with Crippen molar-refractivity contribution in [3.8, 4) is 11.5 Å². The van der Waals surface area contributed by atoms with Crippen LogP contribution in [0, 0.1) is 5.82 Å². The van der Waals surface area contributed by atoms with Crippen LogP contribution < -0.4 is 9.47 Å². The van der Waals surface area contributed by atoms with Crippen LogP contribution in [0.1, 0.15) is 47.6 Å². The Morgan fingerprint density at radius 1 is 1.00 bits per heavy atom. The largest absolute Gasteiger partial charge is 0.493 e. The van der Waals surface area contributed by atoms with E-state index in [1.807, 2.05) is 17.0 Å². The summed E-state index contributed by atoms with van der Waals surface area (Å²) >= 11 is 0. The van der Waals surface area contributed by atoms with Gasteiger partial charge in [0, 0.05) is 25.2 Å². The normalized spacial score (nSPS) is 20.4. The highest BCUT2D eigenvalue weighted by Gasteiger charge is 2.31. The molecule has 2 aromatic carbocycles. The van der Waals surface area contributed by atoms with Gasteiger partial charge in [0.2, 0.25) is 0 Å². The Labute approximate surface area is 177 Å². The molecule has 2 saturated heterocycles. The van der Waals surface area contributed by atoms with E-state index in [1.54, 1.807) is 25.3 Å². The van der Waals surface area contributed by atoms with Crippen LogP contribution in [0.4, 0.5) is 4.39 Å². The predicted molar refractivity (Wildman–Crippen MR) is 114 cm³/mol. The number of ether oxygens (including phenoxy) is 2. The monoisotopic (exact) mass is 412 g/mol. The number of methoxy groups -OCH3 is 1. The highest BCUT2D eigenvalue weighted by Crippen LogP contribution is 2.35. The van der Waals surface area contributed by atoms with Gasteiger partial charge in [-0.05, 0) is 68.6 Å². The number of hydrogen-bond acceptors (Lipinski definition) is 4. The molecule has 1 atom stereocenters. The van der Waals surface area contributed by atoms with Crippen LogP contribution in [0.3, 0.4) is 0 Å². The molecule has 30 heavy (non-hydrogen) atoms. The third-order valence-electron chi connectivity index (χ3n) is 6.14. The first kappa shape index (κ1) is 20.7. The van der Waals surface area contributed by atoms with Gasteiger partial charge in [-0.2, -0.15) is 0 Å². The number of nitrogens with zero attached hydrogens (tertiary/aromatic N) is 2. The molecule has 2 aliphatic rings. The number of likely N-dealkylation sites (tertiary alicyclic amines) is 2. The molecule has 0 radical (unpaired) electrons. The fourth-order valence-corrected chi connectivity index (χ4v) is 4.39. The number of halogens is 1. The molecule has 6 heteroatoms. The van der Waals surface area contributed by atoms with Crippen molar-refractivity contribution in [1.29, 1.82) is 0 Å². The fourth-order valence-electron chi connectivity index (χ4n) is 4.39. The first-order valence-corrected chi connectivity index (χ1v) is 10.6. The lowest BCUT2D eigenvalue weighted by molar-refractivity contribution is 0.0735. The molecule has 5 nitrogen and oxygen atoms in total. The van der Waals surface area contributed by atoms with Crippen LogP contribution >= 0.6 is 0 Å². The number of piperidine rings is 1. The van der Waals surface area contributed by atoms with Crippen molar-refractivity contribution in [2.75, 3.05) is 33.8 Å². The van der Waals surface area contributed by atoms with Crippen molar-refractivity contribution in [2.24, 2.45) is 0 Å². The van der Waals surface area contributed by atoms with Crippen LogP contribution in [0.15, 0.2) is 42.5 Å². The Morgan fingerprint density at radius 3 is 2.43 bits per heavy atom. The zero-order chi connectivity index (χ0) is 21.1. The smallest absolute Gasteiger partial charge is 0.254 e. The predicted octanol–water partition coefficient (Wildman–Crippen LogP) is 4.28. The van der Waals surface area contributed by atoms with Crippen LogP contribution in [-0.2, 0) is 0 Å². The van der Waals surface area contributed by atoms with Crippen molar-refractivity contribution in [1.82, 2.24) is 9.80 Å². The van der Waals surface area contributed by atoms with Gasteiger partial charge >= 0.3 is 0 Å². The standard InChI is InChI=1S/C24H29FN2O3/c1-26-14-11-20(12-15-26)30-22-10-7-18(16-23(22)29-2)24(28)27-13-3-4-21(27)17-5-8-19(25)9-6-17/h5-10,16,20-21H,3-4,11-15H2,1-2H3. The third-order valence-corrected chi connectivity index (χ3v) is 6.14. The summed E-state index contributed by atoms with van der Waals surface area (Å²) in [7, 11) is 3.72. The van der Waals surface area contributed by atoms with E-state index in [9.17, 15) is 9.18 Å².